The number of anilines is 3. The first-order valence-electron chi connectivity index (χ1n) is 13.5. The van der Waals surface area contributed by atoms with Crippen LogP contribution < -0.4 is 24.6 Å². The molecule has 4 aromatic rings. The normalized spacial score (nSPS) is 14.4. The van der Waals surface area contributed by atoms with Gasteiger partial charge in [-0.25, -0.2) is 18.9 Å². The molecule has 0 atom stereocenters. The Kier molecular flexibility index (Phi) is 9.51. The Labute approximate surface area is 271 Å². The Balaban J connectivity index is 1.32. The minimum atomic E-state index is -4.85. The zero-order chi connectivity index (χ0) is 34.8. The van der Waals surface area contributed by atoms with Gasteiger partial charge in [0.1, 0.15) is 23.6 Å². The lowest BCUT2D eigenvalue weighted by Gasteiger charge is -2.23. The van der Waals surface area contributed by atoms with E-state index in [9.17, 15) is 35.9 Å². The van der Waals surface area contributed by atoms with Gasteiger partial charge in [0.05, 0.1) is 22.8 Å². The molecule has 252 valence electrons. The van der Waals surface area contributed by atoms with Crippen LogP contribution in [0.4, 0.5) is 52.6 Å². The molecule has 3 amide bonds. The number of amides is 3. The van der Waals surface area contributed by atoms with Crippen LogP contribution in [-0.4, -0.2) is 70.9 Å². The summed E-state index contributed by atoms with van der Waals surface area (Å²) in [6.07, 6.45) is -8.26. The van der Waals surface area contributed by atoms with Crippen LogP contribution in [0.1, 0.15) is 0 Å². The molecule has 3 aromatic carbocycles. The Hall–Kier alpha value is -5.33. The number of aromatic nitrogens is 3. The van der Waals surface area contributed by atoms with E-state index in [0.717, 1.165) is 34.9 Å². The Morgan fingerprint density at radius 1 is 1.04 bits per heavy atom. The summed E-state index contributed by atoms with van der Waals surface area (Å²) in [5.41, 5.74) is 0.700. The summed E-state index contributed by atoms with van der Waals surface area (Å²) in [7, 11) is 3.36. The summed E-state index contributed by atoms with van der Waals surface area (Å²) < 4.78 is 101. The molecule has 0 aliphatic carbocycles. The monoisotopic (exact) mass is 697 g/mol. The van der Waals surface area contributed by atoms with Gasteiger partial charge in [-0.05, 0) is 54.6 Å². The highest BCUT2D eigenvalue weighted by Gasteiger charge is 2.35. The van der Waals surface area contributed by atoms with Crippen molar-refractivity contribution >= 4 is 45.9 Å². The third-order valence-corrected chi connectivity index (χ3v) is 7.27. The maximum Gasteiger partial charge on any atom is 0.573 e. The number of aliphatic imine (C=N–C) groups is 1. The molecule has 2 heterocycles. The van der Waals surface area contributed by atoms with Gasteiger partial charge in [0.15, 0.2) is 17.6 Å². The lowest BCUT2D eigenvalue weighted by molar-refractivity contribution is -0.274. The number of hydrogen-bond acceptors (Lipinski definition) is 8. The molecule has 1 fully saturated rings. The van der Waals surface area contributed by atoms with Crippen LogP contribution in [-0.2, 0) is 4.79 Å². The van der Waals surface area contributed by atoms with Crippen LogP contribution >= 0.6 is 11.8 Å². The molecule has 0 unspecified atom stereocenters. The molecule has 11 nitrogen and oxygen atoms in total. The number of rotatable bonds is 8. The minimum Gasteiger partial charge on any atom is -0.482 e. The van der Waals surface area contributed by atoms with Crippen molar-refractivity contribution in [3.05, 3.63) is 72.8 Å². The number of hydrogen-bond donors (Lipinski definition) is 1. The summed E-state index contributed by atoms with van der Waals surface area (Å²) in [4.78, 5) is 36.2. The lowest BCUT2D eigenvalue weighted by Crippen LogP contribution is -2.31. The predicted molar refractivity (Wildman–Crippen MR) is 162 cm³/mol. The highest BCUT2D eigenvalue weighted by atomic mass is 32.2. The van der Waals surface area contributed by atoms with Crippen molar-refractivity contribution < 1.29 is 49.8 Å². The van der Waals surface area contributed by atoms with Gasteiger partial charge in [0, 0.05) is 31.4 Å². The number of ether oxygens (including phenoxy) is 2. The second-order valence-electron chi connectivity index (χ2n) is 10.0. The molecule has 5 rings (SSSR count). The van der Waals surface area contributed by atoms with Crippen LogP contribution in [0.5, 0.6) is 11.5 Å². The molecule has 0 spiro atoms. The fourth-order valence-electron chi connectivity index (χ4n) is 4.23. The second-order valence-corrected chi connectivity index (χ2v) is 11.0. The number of carbonyl (C=O) groups excluding carboxylic acids is 2. The van der Waals surface area contributed by atoms with E-state index in [0.29, 0.717) is 11.3 Å². The molecule has 1 aliphatic rings. The van der Waals surface area contributed by atoms with Gasteiger partial charge < -0.3 is 19.7 Å². The quantitative estimate of drug-likeness (QED) is 0.204. The van der Waals surface area contributed by atoms with Crippen molar-refractivity contribution in [3.8, 4) is 28.6 Å². The molecule has 1 aliphatic heterocycles. The number of benzene rings is 3. The van der Waals surface area contributed by atoms with Gasteiger partial charge in [-0.1, -0.05) is 11.8 Å². The number of nitrogens with zero attached hydrogens (tertiary/aromatic N) is 6. The number of alkyl halides is 6. The zero-order valence-corrected chi connectivity index (χ0v) is 25.5. The van der Waals surface area contributed by atoms with Crippen LogP contribution in [0.2, 0.25) is 0 Å². The number of nitrogens with one attached hydrogen (secondary N) is 1. The van der Waals surface area contributed by atoms with Crippen molar-refractivity contribution in [2.75, 3.05) is 41.6 Å². The standard InChI is InChI=1S/C29H22F7N7O4S/c1-41(2)17-6-10-23(46-14-28(31,32)33)22(12-17)43-24(44)13-48-27(43)39-26(45)38-21-9-5-18(11-20(21)30)42-15-37-25(40-42)16-3-7-19(8-4-16)47-29(34,35)36/h3-12,15H,13-14H2,1-2H3,(H,38,45). The summed E-state index contributed by atoms with van der Waals surface area (Å²) in [5.74, 6) is -2.23. The molecular formula is C29H22F7N7O4S. The molecular weight excluding hydrogens is 675 g/mol. The first kappa shape index (κ1) is 34.0. The molecule has 1 N–H and O–H groups in total. The van der Waals surface area contributed by atoms with Crippen LogP contribution in [0.25, 0.3) is 17.1 Å². The van der Waals surface area contributed by atoms with Gasteiger partial charge in [0.2, 0.25) is 5.91 Å². The molecule has 0 radical (unpaired) electrons. The van der Waals surface area contributed by atoms with E-state index >= 15 is 4.39 Å². The molecule has 48 heavy (non-hydrogen) atoms. The van der Waals surface area contributed by atoms with E-state index in [4.69, 9.17) is 4.74 Å². The smallest absolute Gasteiger partial charge is 0.482 e. The fraction of sp³-hybridized carbons (Fsp3) is 0.207. The van der Waals surface area contributed by atoms with Crippen LogP contribution in [0.15, 0.2) is 72.0 Å². The molecule has 0 saturated carbocycles. The van der Waals surface area contributed by atoms with E-state index in [-0.39, 0.29) is 39.6 Å². The van der Waals surface area contributed by atoms with Crippen LogP contribution in [0.3, 0.4) is 0 Å². The topological polar surface area (TPSA) is 114 Å². The Bertz CT molecular complexity index is 1860. The number of amidine groups is 1. The average molecular weight is 698 g/mol. The third kappa shape index (κ3) is 8.33. The van der Waals surface area contributed by atoms with Crippen molar-refractivity contribution in [1.29, 1.82) is 0 Å². The maximum atomic E-state index is 15.1. The molecule has 0 bridgehead atoms. The summed E-state index contributed by atoms with van der Waals surface area (Å²) in [6.45, 7) is -1.62. The Morgan fingerprint density at radius 3 is 2.42 bits per heavy atom. The molecule has 1 saturated heterocycles. The highest BCUT2D eigenvalue weighted by Crippen LogP contribution is 2.38. The van der Waals surface area contributed by atoms with E-state index in [1.54, 1.807) is 19.0 Å². The number of thioether (sulfide) groups is 1. The van der Waals surface area contributed by atoms with E-state index in [1.165, 1.54) is 53.5 Å². The summed E-state index contributed by atoms with van der Waals surface area (Å²) in [5, 5.41) is 6.30. The van der Waals surface area contributed by atoms with Crippen molar-refractivity contribution in [2.45, 2.75) is 12.5 Å². The van der Waals surface area contributed by atoms with Gasteiger partial charge in [-0.15, -0.1) is 18.3 Å². The highest BCUT2D eigenvalue weighted by molar-refractivity contribution is 8.15. The van der Waals surface area contributed by atoms with Crippen LogP contribution in [0, 0.1) is 5.82 Å². The number of carbonyl (C=O) groups is 2. The van der Waals surface area contributed by atoms with Gasteiger partial charge in [0.25, 0.3) is 0 Å². The second kappa shape index (κ2) is 13.4. The number of urea groups is 1. The summed E-state index contributed by atoms with van der Waals surface area (Å²) in [6, 6.07) is 11.5. The first-order valence-corrected chi connectivity index (χ1v) is 14.5. The van der Waals surface area contributed by atoms with Gasteiger partial charge >= 0.3 is 18.6 Å². The largest absolute Gasteiger partial charge is 0.573 e. The number of halogens is 7. The van der Waals surface area contributed by atoms with E-state index in [1.807, 2.05) is 0 Å². The predicted octanol–water partition coefficient (Wildman–Crippen LogP) is 6.65. The van der Waals surface area contributed by atoms with Gasteiger partial charge in [-0.3, -0.25) is 9.69 Å². The third-order valence-electron chi connectivity index (χ3n) is 6.35. The van der Waals surface area contributed by atoms with Crippen molar-refractivity contribution in [2.24, 2.45) is 4.99 Å². The van der Waals surface area contributed by atoms with Crippen molar-refractivity contribution in [3.63, 3.8) is 0 Å². The van der Waals surface area contributed by atoms with E-state index < -0.39 is 42.7 Å². The first-order chi connectivity index (χ1) is 22.6. The fourth-order valence-corrected chi connectivity index (χ4v) is 5.08. The maximum absolute atomic E-state index is 15.1. The zero-order valence-electron chi connectivity index (χ0n) is 24.6. The Morgan fingerprint density at radius 2 is 1.77 bits per heavy atom. The van der Waals surface area contributed by atoms with E-state index in [2.05, 4.69) is 25.1 Å². The minimum absolute atomic E-state index is 0.0691. The van der Waals surface area contributed by atoms with Crippen molar-refractivity contribution in [1.82, 2.24) is 14.8 Å². The SMILES string of the molecule is CN(C)c1ccc(OCC(F)(F)F)c(N2C(=O)CSC2=NC(=O)Nc2ccc(-n3cnc(-c4ccc(OC(F)(F)F)cc4)n3)cc2F)c1. The summed E-state index contributed by atoms with van der Waals surface area (Å²) >= 11 is 0.851. The van der Waals surface area contributed by atoms with Gasteiger partial charge in [-0.2, -0.15) is 18.2 Å². The molecule has 1 aromatic heterocycles. The molecule has 19 heteroatoms. The average Bonchev–Trinajstić information content (AvgIpc) is 3.63. The lowest BCUT2D eigenvalue weighted by atomic mass is 10.2.